The first kappa shape index (κ1) is 17.7. The molecule has 0 aliphatic carbocycles. The minimum absolute atomic E-state index is 0.207. The van der Waals surface area contributed by atoms with Crippen molar-refractivity contribution >= 4 is 23.3 Å². The molecule has 1 aliphatic rings. The van der Waals surface area contributed by atoms with Crippen molar-refractivity contribution in [3.8, 4) is 0 Å². The molecule has 0 unspecified atom stereocenters. The Morgan fingerprint density at radius 1 is 1.16 bits per heavy atom. The monoisotopic (exact) mass is 358 g/mol. The second-order valence-corrected chi connectivity index (χ2v) is 6.74. The van der Waals surface area contributed by atoms with Gasteiger partial charge in [-0.3, -0.25) is 4.79 Å². The molecule has 1 saturated heterocycles. The Bertz CT molecular complexity index is 742. The molecule has 1 aromatic heterocycles. The van der Waals surface area contributed by atoms with Crippen molar-refractivity contribution in [2.75, 3.05) is 18.0 Å². The largest absolute Gasteiger partial charge is 0.356 e. The first-order valence-electron chi connectivity index (χ1n) is 8.76. The zero-order valence-electron chi connectivity index (χ0n) is 14.5. The quantitative estimate of drug-likeness (QED) is 0.904. The molecule has 0 radical (unpaired) electrons. The summed E-state index contributed by atoms with van der Waals surface area (Å²) in [4.78, 5) is 23.6. The lowest BCUT2D eigenvalue weighted by Crippen LogP contribution is -2.28. The van der Waals surface area contributed by atoms with Crippen LogP contribution < -0.4 is 10.2 Å². The average Bonchev–Trinajstić information content (AvgIpc) is 2.89. The maximum atomic E-state index is 12.5. The van der Waals surface area contributed by atoms with E-state index in [9.17, 15) is 4.79 Å². The minimum atomic E-state index is -0.207. The summed E-state index contributed by atoms with van der Waals surface area (Å²) in [5.41, 5.74) is 1.29. The van der Waals surface area contributed by atoms with E-state index < -0.39 is 0 Å². The van der Waals surface area contributed by atoms with Crippen molar-refractivity contribution in [3.63, 3.8) is 0 Å². The van der Waals surface area contributed by atoms with Gasteiger partial charge in [0.1, 0.15) is 17.3 Å². The molecule has 2 aromatic rings. The van der Waals surface area contributed by atoms with E-state index in [0.717, 1.165) is 37.3 Å². The number of amides is 1. The number of rotatable bonds is 4. The molecule has 6 heteroatoms. The molecule has 1 amide bonds. The number of anilines is 1. The second kappa shape index (κ2) is 8.30. The molecule has 1 aliphatic heterocycles. The van der Waals surface area contributed by atoms with Crippen LogP contribution in [-0.2, 0) is 6.54 Å². The number of aromatic nitrogens is 2. The summed E-state index contributed by atoms with van der Waals surface area (Å²) in [5.74, 6) is 1.25. The van der Waals surface area contributed by atoms with E-state index in [1.807, 2.05) is 31.2 Å². The van der Waals surface area contributed by atoms with Crippen LogP contribution in [0.1, 0.15) is 47.6 Å². The normalized spacial score (nSPS) is 14.9. The molecule has 0 bridgehead atoms. The fraction of sp³-hybridized carbons (Fsp3) is 0.421. The van der Waals surface area contributed by atoms with Crippen LogP contribution in [-0.4, -0.2) is 29.0 Å². The fourth-order valence-corrected chi connectivity index (χ4v) is 3.24. The Labute approximate surface area is 153 Å². The first-order chi connectivity index (χ1) is 12.1. The number of hydrogen-bond donors (Lipinski definition) is 1. The van der Waals surface area contributed by atoms with E-state index in [4.69, 9.17) is 11.6 Å². The number of aryl methyl sites for hydroxylation is 1. The molecule has 2 heterocycles. The van der Waals surface area contributed by atoms with Crippen LogP contribution in [0.15, 0.2) is 30.3 Å². The third-order valence-corrected chi connectivity index (χ3v) is 4.75. The zero-order valence-corrected chi connectivity index (χ0v) is 15.2. The van der Waals surface area contributed by atoms with Crippen molar-refractivity contribution in [2.45, 2.75) is 39.2 Å². The summed E-state index contributed by atoms with van der Waals surface area (Å²) in [6, 6.07) is 9.28. The molecular formula is C19H23ClN4O. The molecule has 0 spiro atoms. The van der Waals surface area contributed by atoms with E-state index in [-0.39, 0.29) is 5.91 Å². The van der Waals surface area contributed by atoms with Crippen LogP contribution >= 0.6 is 11.6 Å². The number of benzene rings is 1. The first-order valence-corrected chi connectivity index (χ1v) is 9.13. The number of carbonyl (C=O) groups is 1. The van der Waals surface area contributed by atoms with E-state index in [2.05, 4.69) is 20.2 Å². The molecular weight excluding hydrogens is 336 g/mol. The van der Waals surface area contributed by atoms with Gasteiger partial charge in [-0.2, -0.15) is 0 Å². The third-order valence-electron chi connectivity index (χ3n) is 4.38. The highest BCUT2D eigenvalue weighted by molar-refractivity contribution is 6.31. The summed E-state index contributed by atoms with van der Waals surface area (Å²) in [5, 5.41) is 3.54. The van der Waals surface area contributed by atoms with Gasteiger partial charge in [-0.25, -0.2) is 9.97 Å². The van der Waals surface area contributed by atoms with Gasteiger partial charge in [0.2, 0.25) is 0 Å². The average molecular weight is 359 g/mol. The molecule has 1 fully saturated rings. The van der Waals surface area contributed by atoms with Crippen LogP contribution in [0, 0.1) is 6.92 Å². The fourth-order valence-electron chi connectivity index (χ4n) is 3.04. The van der Waals surface area contributed by atoms with E-state index in [1.165, 1.54) is 12.8 Å². The van der Waals surface area contributed by atoms with E-state index in [0.29, 0.717) is 23.1 Å². The Morgan fingerprint density at radius 2 is 1.88 bits per heavy atom. The summed E-state index contributed by atoms with van der Waals surface area (Å²) in [6.07, 6.45) is 4.84. The number of carbonyl (C=O) groups excluding carboxylic acids is 1. The zero-order chi connectivity index (χ0) is 17.6. The summed E-state index contributed by atoms with van der Waals surface area (Å²) >= 11 is 6.14. The van der Waals surface area contributed by atoms with Gasteiger partial charge < -0.3 is 10.2 Å². The van der Waals surface area contributed by atoms with Gasteiger partial charge in [-0.15, -0.1) is 0 Å². The van der Waals surface area contributed by atoms with Crippen molar-refractivity contribution in [3.05, 3.63) is 52.4 Å². The van der Waals surface area contributed by atoms with Crippen molar-refractivity contribution in [1.82, 2.24) is 15.3 Å². The maximum absolute atomic E-state index is 12.5. The summed E-state index contributed by atoms with van der Waals surface area (Å²) < 4.78 is 0. The third kappa shape index (κ3) is 4.69. The van der Waals surface area contributed by atoms with Gasteiger partial charge in [0, 0.05) is 30.7 Å². The lowest BCUT2D eigenvalue weighted by atomic mass is 10.2. The Hall–Kier alpha value is -2.14. The number of halogens is 1. The molecule has 132 valence electrons. The molecule has 3 rings (SSSR count). The van der Waals surface area contributed by atoms with Crippen LogP contribution in [0.2, 0.25) is 5.02 Å². The molecule has 0 atom stereocenters. The maximum Gasteiger partial charge on any atom is 0.270 e. The van der Waals surface area contributed by atoms with Gasteiger partial charge in [0.25, 0.3) is 5.91 Å². The van der Waals surface area contributed by atoms with Gasteiger partial charge in [-0.05, 0) is 31.4 Å². The summed E-state index contributed by atoms with van der Waals surface area (Å²) in [6.45, 7) is 4.17. The Kier molecular flexibility index (Phi) is 5.87. The number of nitrogens with one attached hydrogen (secondary N) is 1. The Balaban J connectivity index is 1.72. The molecule has 1 aromatic carbocycles. The van der Waals surface area contributed by atoms with Gasteiger partial charge in [-0.1, -0.05) is 42.6 Å². The Morgan fingerprint density at radius 3 is 2.60 bits per heavy atom. The highest BCUT2D eigenvalue weighted by Gasteiger charge is 2.16. The summed E-state index contributed by atoms with van der Waals surface area (Å²) in [7, 11) is 0. The van der Waals surface area contributed by atoms with Crippen LogP contribution in [0.4, 0.5) is 5.82 Å². The van der Waals surface area contributed by atoms with Crippen molar-refractivity contribution in [1.29, 1.82) is 0 Å². The van der Waals surface area contributed by atoms with Crippen molar-refractivity contribution in [2.24, 2.45) is 0 Å². The molecule has 25 heavy (non-hydrogen) atoms. The molecule has 0 saturated carbocycles. The standard InChI is InChI=1S/C19H23ClN4O/c1-14-22-17(12-18(23-14)24-10-6-2-3-7-11-24)19(25)21-13-15-8-4-5-9-16(15)20/h4-5,8-9,12H,2-3,6-7,10-11,13H2,1H3,(H,21,25). The SMILES string of the molecule is Cc1nc(C(=O)NCc2ccccc2Cl)cc(N2CCCCCC2)n1. The highest BCUT2D eigenvalue weighted by atomic mass is 35.5. The number of hydrogen-bond acceptors (Lipinski definition) is 4. The van der Waals surface area contributed by atoms with Gasteiger partial charge in [0.05, 0.1) is 0 Å². The lowest BCUT2D eigenvalue weighted by molar-refractivity contribution is 0.0945. The smallest absolute Gasteiger partial charge is 0.270 e. The van der Waals surface area contributed by atoms with Gasteiger partial charge >= 0.3 is 0 Å². The number of nitrogens with zero attached hydrogens (tertiary/aromatic N) is 3. The molecule has 5 nitrogen and oxygen atoms in total. The second-order valence-electron chi connectivity index (χ2n) is 6.33. The van der Waals surface area contributed by atoms with E-state index >= 15 is 0 Å². The predicted molar refractivity (Wildman–Crippen MR) is 100 cm³/mol. The topological polar surface area (TPSA) is 58.1 Å². The molecule has 1 N–H and O–H groups in total. The van der Waals surface area contributed by atoms with E-state index in [1.54, 1.807) is 6.07 Å². The minimum Gasteiger partial charge on any atom is -0.356 e. The lowest BCUT2D eigenvalue weighted by Gasteiger charge is -2.22. The highest BCUT2D eigenvalue weighted by Crippen LogP contribution is 2.19. The van der Waals surface area contributed by atoms with Crippen LogP contribution in [0.25, 0.3) is 0 Å². The van der Waals surface area contributed by atoms with Crippen LogP contribution in [0.3, 0.4) is 0 Å². The van der Waals surface area contributed by atoms with Crippen LogP contribution in [0.5, 0.6) is 0 Å². The van der Waals surface area contributed by atoms with Crippen molar-refractivity contribution < 1.29 is 4.79 Å². The van der Waals surface area contributed by atoms with Gasteiger partial charge in [0.15, 0.2) is 0 Å². The predicted octanol–water partition coefficient (Wildman–Crippen LogP) is 3.75.